The Morgan fingerprint density at radius 1 is 1.19 bits per heavy atom. The number of nitrogens with zero attached hydrogens (tertiary/aromatic N) is 2. The van der Waals surface area contributed by atoms with E-state index in [-0.39, 0.29) is 23.9 Å². The van der Waals surface area contributed by atoms with Crippen LogP contribution in [0.25, 0.3) is 6.08 Å². The van der Waals surface area contributed by atoms with Gasteiger partial charge in [-0.2, -0.15) is 0 Å². The van der Waals surface area contributed by atoms with Crippen LogP contribution in [0.1, 0.15) is 21.5 Å². The van der Waals surface area contributed by atoms with Crippen molar-refractivity contribution in [3.05, 3.63) is 92.5 Å². The Hall–Kier alpha value is -3.63. The Morgan fingerprint density at radius 2 is 1.92 bits per heavy atom. The third-order valence-electron chi connectivity index (χ3n) is 5.22. The van der Waals surface area contributed by atoms with Crippen LogP contribution >= 0.6 is 27.7 Å². The van der Waals surface area contributed by atoms with Gasteiger partial charge in [0.25, 0.3) is 5.91 Å². The fourth-order valence-corrected chi connectivity index (χ4v) is 4.88. The van der Waals surface area contributed by atoms with Crippen LogP contribution in [0.5, 0.6) is 11.5 Å². The van der Waals surface area contributed by atoms with Gasteiger partial charge in [0.1, 0.15) is 12.4 Å². The van der Waals surface area contributed by atoms with Crippen molar-refractivity contribution in [2.45, 2.75) is 6.61 Å². The van der Waals surface area contributed by atoms with Crippen LogP contribution in [0.3, 0.4) is 0 Å². The summed E-state index contributed by atoms with van der Waals surface area (Å²) in [6, 6.07) is 15.9. The Morgan fingerprint density at radius 3 is 2.58 bits per heavy atom. The summed E-state index contributed by atoms with van der Waals surface area (Å²) in [7, 11) is 3.12. The zero-order valence-electron chi connectivity index (χ0n) is 19.2. The highest BCUT2D eigenvalue weighted by molar-refractivity contribution is 9.10. The average molecular weight is 571 g/mol. The fraction of sp³-hybridized carbons (Fsp3) is 0.115. The predicted molar refractivity (Wildman–Crippen MR) is 140 cm³/mol. The van der Waals surface area contributed by atoms with E-state index in [1.807, 2.05) is 0 Å². The SMILES string of the molecule is COc1cc(C=C2SC(=Nc3ccc(C(=O)O)cc3)N(C)C2=O)cc(Br)c1OCc1ccccc1F. The van der Waals surface area contributed by atoms with E-state index >= 15 is 0 Å². The zero-order chi connectivity index (χ0) is 25.8. The van der Waals surface area contributed by atoms with Gasteiger partial charge in [0.05, 0.1) is 27.7 Å². The van der Waals surface area contributed by atoms with E-state index in [2.05, 4.69) is 20.9 Å². The molecule has 0 unspecified atom stereocenters. The summed E-state index contributed by atoms with van der Waals surface area (Å²) in [5, 5.41) is 9.51. The lowest BCUT2D eigenvalue weighted by atomic mass is 10.1. The minimum absolute atomic E-state index is 0.0223. The summed E-state index contributed by atoms with van der Waals surface area (Å²) in [6.45, 7) is 0.0223. The molecule has 1 aliphatic rings. The minimum atomic E-state index is -1.02. The molecule has 0 saturated carbocycles. The zero-order valence-corrected chi connectivity index (χ0v) is 21.6. The number of benzene rings is 3. The number of amidine groups is 1. The minimum Gasteiger partial charge on any atom is -0.493 e. The number of hydrogen-bond acceptors (Lipinski definition) is 6. The topological polar surface area (TPSA) is 88.4 Å². The van der Waals surface area contributed by atoms with Crippen LogP contribution in [-0.2, 0) is 11.4 Å². The molecule has 1 fully saturated rings. The summed E-state index contributed by atoms with van der Waals surface area (Å²) >= 11 is 4.69. The number of methoxy groups -OCH3 is 1. The molecule has 10 heteroatoms. The number of hydrogen-bond donors (Lipinski definition) is 1. The van der Waals surface area contributed by atoms with Crippen molar-refractivity contribution < 1.29 is 28.6 Å². The predicted octanol–water partition coefficient (Wildman–Crippen LogP) is 6.11. The first-order valence-electron chi connectivity index (χ1n) is 10.6. The fourth-order valence-electron chi connectivity index (χ4n) is 3.32. The normalized spacial score (nSPS) is 15.6. The molecular weight excluding hydrogens is 551 g/mol. The van der Waals surface area contributed by atoms with Gasteiger partial charge >= 0.3 is 5.97 Å². The second kappa shape index (κ2) is 11.0. The number of carbonyl (C=O) groups is 2. The lowest BCUT2D eigenvalue weighted by Gasteiger charge is -2.14. The van der Waals surface area contributed by atoms with Crippen LogP contribution in [-0.4, -0.2) is 41.2 Å². The Labute approximate surface area is 219 Å². The molecule has 1 saturated heterocycles. The molecule has 3 aromatic carbocycles. The molecule has 0 atom stereocenters. The van der Waals surface area contributed by atoms with Crippen molar-refractivity contribution in [3.8, 4) is 11.5 Å². The summed E-state index contributed by atoms with van der Waals surface area (Å²) in [4.78, 5) is 30.2. The molecule has 0 radical (unpaired) electrons. The summed E-state index contributed by atoms with van der Waals surface area (Å²) < 4.78 is 25.8. The lowest BCUT2D eigenvalue weighted by molar-refractivity contribution is -0.121. The van der Waals surface area contributed by atoms with Gasteiger partial charge in [0.15, 0.2) is 16.7 Å². The number of amides is 1. The molecule has 1 amide bonds. The molecule has 0 aliphatic carbocycles. The maximum Gasteiger partial charge on any atom is 0.335 e. The number of ether oxygens (including phenoxy) is 2. The summed E-state index contributed by atoms with van der Waals surface area (Å²) in [6.07, 6.45) is 1.72. The molecule has 1 heterocycles. The van der Waals surface area contributed by atoms with E-state index in [0.29, 0.717) is 42.9 Å². The molecule has 1 aliphatic heterocycles. The second-order valence-electron chi connectivity index (χ2n) is 7.64. The summed E-state index contributed by atoms with van der Waals surface area (Å²) in [5.74, 6) is -0.769. The van der Waals surface area contributed by atoms with Crippen LogP contribution < -0.4 is 9.47 Å². The quantitative estimate of drug-likeness (QED) is 0.345. The maximum absolute atomic E-state index is 14.0. The van der Waals surface area contributed by atoms with Gasteiger partial charge in [-0.1, -0.05) is 18.2 Å². The number of carbonyl (C=O) groups excluding carboxylic acids is 1. The van der Waals surface area contributed by atoms with Crippen LogP contribution in [0.4, 0.5) is 10.1 Å². The molecule has 7 nitrogen and oxygen atoms in total. The number of halogens is 2. The number of rotatable bonds is 7. The molecular formula is C26H20BrFN2O5S. The van der Waals surface area contributed by atoms with Crippen molar-refractivity contribution in [2.24, 2.45) is 4.99 Å². The number of carboxylic acid groups (broad SMARTS) is 1. The van der Waals surface area contributed by atoms with Gasteiger partial charge in [-0.3, -0.25) is 9.69 Å². The monoisotopic (exact) mass is 570 g/mol. The first-order chi connectivity index (χ1) is 17.3. The smallest absolute Gasteiger partial charge is 0.335 e. The van der Waals surface area contributed by atoms with Crippen LogP contribution in [0, 0.1) is 5.82 Å². The first kappa shape index (κ1) is 25.5. The highest BCUT2D eigenvalue weighted by atomic mass is 79.9. The molecule has 184 valence electrons. The highest BCUT2D eigenvalue weighted by Crippen LogP contribution is 2.39. The summed E-state index contributed by atoms with van der Waals surface area (Å²) in [5.41, 5.74) is 1.79. The molecule has 0 bridgehead atoms. The number of carboxylic acids is 1. The number of aliphatic imine (C=N–C) groups is 1. The van der Waals surface area contributed by atoms with E-state index in [1.54, 1.807) is 55.6 Å². The lowest BCUT2D eigenvalue weighted by Crippen LogP contribution is -2.23. The first-order valence-corrected chi connectivity index (χ1v) is 12.2. The van der Waals surface area contributed by atoms with Gasteiger partial charge in [0.2, 0.25) is 0 Å². The average Bonchev–Trinajstić information content (AvgIpc) is 3.12. The molecule has 0 aromatic heterocycles. The van der Waals surface area contributed by atoms with Gasteiger partial charge in [-0.05, 0) is 81.8 Å². The van der Waals surface area contributed by atoms with E-state index < -0.39 is 5.97 Å². The molecule has 36 heavy (non-hydrogen) atoms. The van der Waals surface area contributed by atoms with Gasteiger partial charge < -0.3 is 14.6 Å². The number of likely N-dealkylation sites (N-methyl/N-ethyl adjacent to an activating group) is 1. The van der Waals surface area contributed by atoms with Crippen molar-refractivity contribution in [3.63, 3.8) is 0 Å². The Balaban J connectivity index is 1.56. The van der Waals surface area contributed by atoms with Crippen molar-refractivity contribution in [1.82, 2.24) is 4.90 Å². The standard InChI is InChI=1S/C26H20BrFN2O5S/c1-30-24(31)22(36-26(30)29-18-9-7-16(8-10-18)25(32)33)13-15-11-19(27)23(21(12-15)34-2)35-14-17-5-3-4-6-20(17)28/h3-13H,14H2,1-2H3,(H,32,33). The van der Waals surface area contributed by atoms with Crippen molar-refractivity contribution in [1.29, 1.82) is 0 Å². The number of aromatic carboxylic acids is 1. The third-order valence-corrected chi connectivity index (χ3v) is 6.87. The van der Waals surface area contributed by atoms with E-state index in [9.17, 15) is 14.0 Å². The molecule has 4 rings (SSSR count). The van der Waals surface area contributed by atoms with Crippen LogP contribution in [0.2, 0.25) is 0 Å². The Kier molecular flexibility index (Phi) is 7.76. The third kappa shape index (κ3) is 5.60. The van der Waals surface area contributed by atoms with Gasteiger partial charge in [-0.25, -0.2) is 14.2 Å². The van der Waals surface area contributed by atoms with Gasteiger partial charge in [0, 0.05) is 12.6 Å². The van der Waals surface area contributed by atoms with Crippen LogP contribution in [0.15, 0.2) is 75.0 Å². The Bertz CT molecular complexity index is 1390. The van der Waals surface area contributed by atoms with E-state index in [4.69, 9.17) is 14.6 Å². The van der Waals surface area contributed by atoms with E-state index in [1.165, 1.54) is 42.0 Å². The van der Waals surface area contributed by atoms with Crippen molar-refractivity contribution >= 4 is 56.5 Å². The molecule has 3 aromatic rings. The number of thioether (sulfide) groups is 1. The molecule has 0 spiro atoms. The molecule has 1 N–H and O–H groups in total. The largest absolute Gasteiger partial charge is 0.493 e. The van der Waals surface area contributed by atoms with Crippen molar-refractivity contribution in [2.75, 3.05) is 14.2 Å². The van der Waals surface area contributed by atoms with Gasteiger partial charge in [-0.15, -0.1) is 0 Å². The van der Waals surface area contributed by atoms with E-state index in [0.717, 1.165) is 0 Å². The second-order valence-corrected chi connectivity index (χ2v) is 9.50. The highest BCUT2D eigenvalue weighted by Gasteiger charge is 2.30. The maximum atomic E-state index is 14.0.